The summed E-state index contributed by atoms with van der Waals surface area (Å²) in [6.07, 6.45) is 12.6. The van der Waals surface area contributed by atoms with E-state index in [1.54, 1.807) is 0 Å². The zero-order valence-corrected chi connectivity index (χ0v) is 10.4. The van der Waals surface area contributed by atoms with Crippen molar-refractivity contribution in [2.24, 2.45) is 0 Å². The molecule has 1 aliphatic carbocycles. The SMILES string of the molecule is ClC1=CC(Br)CCCCCCCC1. The first kappa shape index (κ1) is 11.6. The second-order valence-corrected chi connectivity index (χ2v) is 5.45. The lowest BCUT2D eigenvalue weighted by atomic mass is 10.1. The van der Waals surface area contributed by atoms with Crippen LogP contribution in [0.3, 0.4) is 0 Å². The van der Waals surface area contributed by atoms with E-state index in [4.69, 9.17) is 11.6 Å². The summed E-state index contributed by atoms with van der Waals surface area (Å²) >= 11 is 9.74. The van der Waals surface area contributed by atoms with Crippen molar-refractivity contribution < 1.29 is 0 Å². The molecule has 0 saturated heterocycles. The minimum absolute atomic E-state index is 0.498. The quantitative estimate of drug-likeness (QED) is 0.540. The molecule has 0 radical (unpaired) electrons. The molecule has 0 aliphatic heterocycles. The Labute approximate surface area is 94.9 Å². The maximum absolute atomic E-state index is 6.10. The highest BCUT2D eigenvalue weighted by Crippen LogP contribution is 2.22. The van der Waals surface area contributed by atoms with E-state index in [9.17, 15) is 0 Å². The summed E-state index contributed by atoms with van der Waals surface area (Å²) in [5.41, 5.74) is 0. The highest BCUT2D eigenvalue weighted by molar-refractivity contribution is 9.09. The number of alkyl halides is 1. The third-order valence-electron chi connectivity index (χ3n) is 2.51. The minimum Gasteiger partial charge on any atom is -0.0895 e. The van der Waals surface area contributed by atoms with Gasteiger partial charge in [-0.3, -0.25) is 0 Å². The Morgan fingerprint density at radius 3 is 2.46 bits per heavy atom. The summed E-state index contributed by atoms with van der Waals surface area (Å²) in [5, 5.41) is 1.05. The van der Waals surface area contributed by atoms with Gasteiger partial charge in [-0.1, -0.05) is 65.7 Å². The van der Waals surface area contributed by atoms with Crippen LogP contribution in [0.1, 0.15) is 51.4 Å². The minimum atomic E-state index is 0.498. The summed E-state index contributed by atoms with van der Waals surface area (Å²) in [6, 6.07) is 0. The predicted molar refractivity (Wildman–Crippen MR) is 63.6 cm³/mol. The van der Waals surface area contributed by atoms with Crippen LogP contribution in [0.5, 0.6) is 0 Å². The molecule has 0 nitrogen and oxygen atoms in total. The van der Waals surface area contributed by atoms with Gasteiger partial charge in [0.1, 0.15) is 0 Å². The van der Waals surface area contributed by atoms with Crippen LogP contribution >= 0.6 is 27.5 Å². The van der Waals surface area contributed by atoms with E-state index < -0.39 is 0 Å². The second kappa shape index (κ2) is 6.89. The van der Waals surface area contributed by atoms with E-state index in [1.165, 1.54) is 44.9 Å². The zero-order valence-electron chi connectivity index (χ0n) is 8.07. The van der Waals surface area contributed by atoms with Crippen molar-refractivity contribution in [1.82, 2.24) is 0 Å². The van der Waals surface area contributed by atoms with Crippen LogP contribution in [0.25, 0.3) is 0 Å². The number of hydrogen-bond donors (Lipinski definition) is 0. The van der Waals surface area contributed by atoms with Crippen LogP contribution in [0.4, 0.5) is 0 Å². The van der Waals surface area contributed by atoms with Crippen LogP contribution in [-0.2, 0) is 0 Å². The Balaban J connectivity index is 2.38. The van der Waals surface area contributed by atoms with Crippen molar-refractivity contribution >= 4 is 27.5 Å². The van der Waals surface area contributed by atoms with Crippen molar-refractivity contribution in [1.29, 1.82) is 0 Å². The molecule has 0 fully saturated rings. The fourth-order valence-corrected chi connectivity index (χ4v) is 2.78. The largest absolute Gasteiger partial charge is 0.0895 e. The van der Waals surface area contributed by atoms with Gasteiger partial charge in [0.25, 0.3) is 0 Å². The second-order valence-electron chi connectivity index (χ2n) is 3.79. The highest BCUT2D eigenvalue weighted by Gasteiger charge is 2.04. The molecular weight excluding hydrogens is 247 g/mol. The topological polar surface area (TPSA) is 0 Å². The Morgan fingerprint density at radius 1 is 1.08 bits per heavy atom. The van der Waals surface area contributed by atoms with E-state index in [1.807, 2.05) is 0 Å². The van der Waals surface area contributed by atoms with E-state index in [0.717, 1.165) is 11.5 Å². The molecule has 1 aliphatic rings. The van der Waals surface area contributed by atoms with Crippen LogP contribution in [0, 0.1) is 0 Å². The van der Waals surface area contributed by atoms with E-state index in [0.29, 0.717) is 4.83 Å². The van der Waals surface area contributed by atoms with Gasteiger partial charge in [0.2, 0.25) is 0 Å². The molecule has 0 aromatic carbocycles. The molecule has 13 heavy (non-hydrogen) atoms. The first-order valence-electron chi connectivity index (χ1n) is 5.29. The molecule has 0 aromatic heterocycles. The molecule has 0 heterocycles. The van der Waals surface area contributed by atoms with E-state index in [2.05, 4.69) is 22.0 Å². The normalized spacial score (nSPS) is 27.5. The fraction of sp³-hybridized carbons (Fsp3) is 0.818. The summed E-state index contributed by atoms with van der Waals surface area (Å²) in [6.45, 7) is 0. The molecule has 0 saturated carbocycles. The molecule has 1 unspecified atom stereocenters. The molecule has 0 spiro atoms. The molecule has 1 rings (SSSR count). The summed E-state index contributed by atoms with van der Waals surface area (Å²) < 4.78 is 0. The Bertz CT molecular complexity index is 165. The first-order valence-corrected chi connectivity index (χ1v) is 6.58. The monoisotopic (exact) mass is 264 g/mol. The standard InChI is InChI=1S/C11H18BrCl/c12-10-7-5-3-1-2-4-6-8-11(13)9-10/h9-10H,1-8H2. The lowest BCUT2D eigenvalue weighted by Gasteiger charge is -2.03. The fourth-order valence-electron chi connectivity index (χ4n) is 1.70. The van der Waals surface area contributed by atoms with Crippen LogP contribution < -0.4 is 0 Å². The van der Waals surface area contributed by atoms with E-state index in [-0.39, 0.29) is 0 Å². The van der Waals surface area contributed by atoms with Gasteiger partial charge in [0.05, 0.1) is 0 Å². The van der Waals surface area contributed by atoms with Gasteiger partial charge in [-0.15, -0.1) is 0 Å². The van der Waals surface area contributed by atoms with E-state index >= 15 is 0 Å². The molecule has 76 valence electrons. The van der Waals surface area contributed by atoms with Crippen molar-refractivity contribution in [2.45, 2.75) is 56.2 Å². The van der Waals surface area contributed by atoms with Gasteiger partial charge in [-0.05, 0) is 19.3 Å². The number of rotatable bonds is 0. The Kier molecular flexibility index (Phi) is 6.14. The number of allylic oxidation sites excluding steroid dienone is 2. The van der Waals surface area contributed by atoms with Crippen molar-refractivity contribution in [2.75, 3.05) is 0 Å². The average Bonchev–Trinajstić information content (AvgIpc) is 2.11. The molecule has 0 N–H and O–H groups in total. The zero-order chi connectivity index (χ0) is 9.52. The summed E-state index contributed by atoms with van der Waals surface area (Å²) in [4.78, 5) is 0.498. The van der Waals surface area contributed by atoms with Gasteiger partial charge in [0.15, 0.2) is 0 Å². The summed E-state index contributed by atoms with van der Waals surface area (Å²) in [5.74, 6) is 0. The molecule has 1 atom stereocenters. The highest BCUT2D eigenvalue weighted by atomic mass is 79.9. The van der Waals surface area contributed by atoms with Gasteiger partial charge < -0.3 is 0 Å². The molecular formula is C11H18BrCl. The van der Waals surface area contributed by atoms with Crippen LogP contribution in [0.2, 0.25) is 0 Å². The first-order chi connectivity index (χ1) is 6.29. The lowest BCUT2D eigenvalue weighted by Crippen LogP contribution is -1.93. The van der Waals surface area contributed by atoms with Crippen molar-refractivity contribution in [3.05, 3.63) is 11.1 Å². The Morgan fingerprint density at radius 2 is 1.69 bits per heavy atom. The summed E-state index contributed by atoms with van der Waals surface area (Å²) in [7, 11) is 0. The molecule has 2 heteroatoms. The third kappa shape index (κ3) is 5.74. The van der Waals surface area contributed by atoms with Gasteiger partial charge in [-0.25, -0.2) is 0 Å². The van der Waals surface area contributed by atoms with Gasteiger partial charge >= 0.3 is 0 Å². The average molecular weight is 266 g/mol. The number of halogens is 2. The predicted octanol–water partition coefficient (Wildman–Crippen LogP) is 5.01. The van der Waals surface area contributed by atoms with Gasteiger partial charge in [-0.2, -0.15) is 0 Å². The lowest BCUT2D eigenvalue weighted by molar-refractivity contribution is 0.591. The Hall–Kier alpha value is 0.510. The molecule has 0 amide bonds. The van der Waals surface area contributed by atoms with Crippen molar-refractivity contribution in [3.63, 3.8) is 0 Å². The maximum Gasteiger partial charge on any atom is 0.0339 e. The smallest absolute Gasteiger partial charge is 0.0339 e. The van der Waals surface area contributed by atoms with Crippen LogP contribution in [-0.4, -0.2) is 4.83 Å². The number of hydrogen-bond acceptors (Lipinski definition) is 0. The van der Waals surface area contributed by atoms with Gasteiger partial charge in [0, 0.05) is 9.86 Å². The maximum atomic E-state index is 6.10. The third-order valence-corrected chi connectivity index (χ3v) is 3.54. The molecule has 0 aromatic rings. The molecule has 0 bridgehead atoms. The van der Waals surface area contributed by atoms with Crippen LogP contribution in [0.15, 0.2) is 11.1 Å². The van der Waals surface area contributed by atoms with Crippen molar-refractivity contribution in [3.8, 4) is 0 Å².